The van der Waals surface area contributed by atoms with Crippen LogP contribution in [-0.4, -0.2) is 21.1 Å². The van der Waals surface area contributed by atoms with Crippen LogP contribution in [-0.2, 0) is 0 Å². The van der Waals surface area contributed by atoms with E-state index in [1.54, 1.807) is 0 Å². The lowest BCUT2D eigenvalue weighted by atomic mass is 10.0. The third-order valence-electron chi connectivity index (χ3n) is 8.37. The van der Waals surface area contributed by atoms with Crippen LogP contribution in [0.4, 0.5) is 0 Å². The average molecular weight is 579 g/mol. The fraction of sp³-hybridized carbons (Fsp3) is 0.0488. The number of hydrogen-bond donors (Lipinski definition) is 1. The van der Waals surface area contributed by atoms with Gasteiger partial charge in [0.05, 0.1) is 33.8 Å². The molecule has 1 N–H and O–H groups in total. The third-order valence-corrected chi connectivity index (χ3v) is 8.37. The van der Waals surface area contributed by atoms with Crippen molar-refractivity contribution >= 4 is 33.0 Å². The first-order valence-corrected chi connectivity index (χ1v) is 15.2. The number of benzene rings is 3. The summed E-state index contributed by atoms with van der Waals surface area (Å²) in [7, 11) is 0. The Labute approximate surface area is 262 Å². The van der Waals surface area contributed by atoms with Crippen molar-refractivity contribution in [3.8, 4) is 28.2 Å². The standard InChI is InChI=1S/C41H30N4/c1-28-8-5-9-29(17-16-28)36-12-6-14-38(43-36)31-18-20-34-35-21-19-32(39-15-7-13-37(44-39)30-22-24-42-25-23-30)27-41(35)45(40(34)26-31)33-10-3-2-4-11-33/h2-7,9-24,26-27,42H,25H2,1H3. The maximum Gasteiger partial charge on any atom is 0.0710 e. The molecule has 0 saturated heterocycles. The van der Waals surface area contributed by atoms with Crippen molar-refractivity contribution in [3.05, 3.63) is 168 Å². The predicted octanol–water partition coefficient (Wildman–Crippen LogP) is 9.46. The van der Waals surface area contributed by atoms with Crippen molar-refractivity contribution in [1.29, 1.82) is 0 Å². The van der Waals surface area contributed by atoms with Gasteiger partial charge in [-0.2, -0.15) is 0 Å². The van der Waals surface area contributed by atoms with E-state index < -0.39 is 0 Å². The highest BCUT2D eigenvalue weighted by atomic mass is 15.0. The number of nitrogens with zero attached hydrogens (tertiary/aromatic N) is 3. The number of hydrogen-bond acceptors (Lipinski definition) is 3. The van der Waals surface area contributed by atoms with Crippen LogP contribution < -0.4 is 5.32 Å². The minimum absolute atomic E-state index is 0.812. The Bertz CT molecular complexity index is 2310. The summed E-state index contributed by atoms with van der Waals surface area (Å²) in [6.07, 6.45) is 14.4. The number of nitrogens with one attached hydrogen (secondary N) is 1. The summed E-state index contributed by atoms with van der Waals surface area (Å²) >= 11 is 0. The lowest BCUT2D eigenvalue weighted by molar-refractivity contribution is 0.974. The molecule has 214 valence electrons. The molecule has 2 aliphatic rings. The second-order valence-electron chi connectivity index (χ2n) is 11.3. The van der Waals surface area contributed by atoms with Gasteiger partial charge in [-0.05, 0) is 91.0 Å². The molecule has 0 saturated carbocycles. The SMILES string of the molecule is CC1=C=CC=C(c2cccc(-c3ccc4c5ccc(-c6cccc(C7=CCNC=C7)n6)cc5n(-c5ccccc5)c4c3)n2)C=C1. The van der Waals surface area contributed by atoms with Crippen molar-refractivity contribution in [3.63, 3.8) is 0 Å². The van der Waals surface area contributed by atoms with E-state index in [-0.39, 0.29) is 0 Å². The molecule has 6 aromatic rings. The molecule has 1 aliphatic carbocycles. The van der Waals surface area contributed by atoms with E-state index in [4.69, 9.17) is 9.97 Å². The lowest BCUT2D eigenvalue weighted by Gasteiger charge is -2.11. The van der Waals surface area contributed by atoms with Gasteiger partial charge in [0.15, 0.2) is 0 Å². The molecule has 45 heavy (non-hydrogen) atoms. The summed E-state index contributed by atoms with van der Waals surface area (Å²) in [6.45, 7) is 2.86. The predicted molar refractivity (Wildman–Crippen MR) is 187 cm³/mol. The molecule has 0 radical (unpaired) electrons. The molecule has 0 fully saturated rings. The molecule has 1 aliphatic heterocycles. The highest BCUT2D eigenvalue weighted by Gasteiger charge is 2.16. The zero-order valence-corrected chi connectivity index (χ0v) is 24.9. The number of pyridine rings is 2. The van der Waals surface area contributed by atoms with Gasteiger partial charge in [0, 0.05) is 39.7 Å². The highest BCUT2D eigenvalue weighted by Crippen LogP contribution is 2.37. The van der Waals surface area contributed by atoms with Gasteiger partial charge < -0.3 is 9.88 Å². The molecule has 0 spiro atoms. The lowest BCUT2D eigenvalue weighted by Crippen LogP contribution is -2.08. The first kappa shape index (κ1) is 26.7. The molecule has 4 heteroatoms. The van der Waals surface area contributed by atoms with Crippen LogP contribution in [0, 0.1) is 0 Å². The Balaban J connectivity index is 1.27. The number of para-hydroxylation sites is 1. The van der Waals surface area contributed by atoms with Gasteiger partial charge in [-0.3, -0.25) is 0 Å². The largest absolute Gasteiger partial charge is 0.387 e. The van der Waals surface area contributed by atoms with Gasteiger partial charge in [-0.15, -0.1) is 5.73 Å². The molecule has 0 unspecified atom stereocenters. The minimum atomic E-state index is 0.812. The van der Waals surface area contributed by atoms with E-state index in [2.05, 4.69) is 156 Å². The van der Waals surface area contributed by atoms with Crippen molar-refractivity contribution in [2.45, 2.75) is 6.92 Å². The number of fused-ring (bicyclic) bond motifs is 3. The Morgan fingerprint density at radius 2 is 1.29 bits per heavy atom. The van der Waals surface area contributed by atoms with Crippen LogP contribution in [0.2, 0.25) is 0 Å². The van der Waals surface area contributed by atoms with E-state index in [1.165, 1.54) is 10.8 Å². The van der Waals surface area contributed by atoms with Crippen LogP contribution in [0.3, 0.4) is 0 Å². The molecule has 3 aromatic carbocycles. The summed E-state index contributed by atoms with van der Waals surface area (Å²) in [5.74, 6) is 0. The number of dihydropyridines is 1. The first-order valence-electron chi connectivity index (χ1n) is 15.2. The van der Waals surface area contributed by atoms with Crippen molar-refractivity contribution in [1.82, 2.24) is 19.9 Å². The summed E-state index contributed by atoms with van der Waals surface area (Å²) in [6, 6.07) is 36.5. The number of aromatic nitrogens is 3. The molecule has 4 heterocycles. The van der Waals surface area contributed by atoms with Crippen LogP contribution in [0.5, 0.6) is 0 Å². The summed E-state index contributed by atoms with van der Waals surface area (Å²) in [5.41, 5.74) is 15.9. The van der Waals surface area contributed by atoms with Crippen molar-refractivity contribution < 1.29 is 0 Å². The first-order chi connectivity index (χ1) is 22.2. The fourth-order valence-electron chi connectivity index (χ4n) is 6.10. The van der Waals surface area contributed by atoms with Crippen LogP contribution in [0.1, 0.15) is 18.3 Å². The van der Waals surface area contributed by atoms with E-state index in [9.17, 15) is 0 Å². The second kappa shape index (κ2) is 11.3. The molecule has 3 aromatic heterocycles. The van der Waals surface area contributed by atoms with E-state index in [0.29, 0.717) is 0 Å². The van der Waals surface area contributed by atoms with E-state index >= 15 is 0 Å². The van der Waals surface area contributed by atoms with Crippen LogP contribution in [0.25, 0.3) is 61.2 Å². The Hall–Kier alpha value is -5.96. The topological polar surface area (TPSA) is 42.7 Å². The molecule has 8 rings (SSSR count). The monoisotopic (exact) mass is 578 g/mol. The van der Waals surface area contributed by atoms with Gasteiger partial charge in [-0.1, -0.05) is 72.8 Å². The Kier molecular flexibility index (Phi) is 6.68. The summed E-state index contributed by atoms with van der Waals surface area (Å²) in [5, 5.41) is 5.63. The quantitative estimate of drug-likeness (QED) is 0.207. The van der Waals surface area contributed by atoms with Crippen LogP contribution in [0.15, 0.2) is 157 Å². The third kappa shape index (κ3) is 5.04. The van der Waals surface area contributed by atoms with Gasteiger partial charge in [-0.25, -0.2) is 9.97 Å². The zero-order valence-electron chi connectivity index (χ0n) is 24.9. The maximum absolute atomic E-state index is 5.09. The smallest absolute Gasteiger partial charge is 0.0710 e. The second-order valence-corrected chi connectivity index (χ2v) is 11.3. The van der Waals surface area contributed by atoms with Crippen molar-refractivity contribution in [2.75, 3.05) is 6.54 Å². The molecule has 0 atom stereocenters. The van der Waals surface area contributed by atoms with E-state index in [1.807, 2.05) is 12.3 Å². The fourth-order valence-corrected chi connectivity index (χ4v) is 6.10. The normalized spacial score (nSPS) is 14.2. The highest BCUT2D eigenvalue weighted by molar-refractivity contribution is 6.11. The molecular weight excluding hydrogens is 548 g/mol. The molecule has 0 amide bonds. The molecule has 0 bridgehead atoms. The van der Waals surface area contributed by atoms with E-state index in [0.717, 1.165) is 73.9 Å². The number of rotatable bonds is 5. The Morgan fingerprint density at radius 1 is 0.644 bits per heavy atom. The average Bonchev–Trinajstić information content (AvgIpc) is 3.26. The summed E-state index contributed by atoms with van der Waals surface area (Å²) < 4.78 is 2.36. The van der Waals surface area contributed by atoms with Gasteiger partial charge in [0.2, 0.25) is 0 Å². The zero-order chi connectivity index (χ0) is 30.2. The van der Waals surface area contributed by atoms with Gasteiger partial charge >= 0.3 is 0 Å². The molecule has 4 nitrogen and oxygen atoms in total. The molecular formula is C41H30N4. The maximum atomic E-state index is 5.09. The Morgan fingerprint density at radius 3 is 1.93 bits per heavy atom. The van der Waals surface area contributed by atoms with Crippen LogP contribution >= 0.6 is 0 Å². The summed E-state index contributed by atoms with van der Waals surface area (Å²) in [4.78, 5) is 10.1. The minimum Gasteiger partial charge on any atom is -0.387 e. The van der Waals surface area contributed by atoms with Gasteiger partial charge in [0.1, 0.15) is 0 Å². The number of allylic oxidation sites excluding steroid dienone is 7. The van der Waals surface area contributed by atoms with Crippen molar-refractivity contribution in [2.24, 2.45) is 0 Å². The van der Waals surface area contributed by atoms with Gasteiger partial charge in [0.25, 0.3) is 0 Å².